The number of anilines is 1. The minimum Gasteiger partial charge on any atom is -0.465 e. The maximum Gasteiger partial charge on any atom is 0.325 e. The van der Waals surface area contributed by atoms with Gasteiger partial charge in [0.2, 0.25) is 11.8 Å². The van der Waals surface area contributed by atoms with Crippen LogP contribution >= 0.6 is 0 Å². The van der Waals surface area contributed by atoms with E-state index in [1.54, 1.807) is 38.2 Å². The quantitative estimate of drug-likeness (QED) is 0.800. The van der Waals surface area contributed by atoms with Crippen molar-refractivity contribution in [3.8, 4) is 0 Å². The summed E-state index contributed by atoms with van der Waals surface area (Å²) < 4.78 is 4.79. The zero-order chi connectivity index (χ0) is 15.8. The van der Waals surface area contributed by atoms with Crippen LogP contribution in [0.2, 0.25) is 0 Å². The van der Waals surface area contributed by atoms with Crippen molar-refractivity contribution in [1.82, 2.24) is 4.90 Å². The number of carbonyl (C=O) groups excluding carboxylic acids is 3. The summed E-state index contributed by atoms with van der Waals surface area (Å²) >= 11 is 0. The molecule has 0 aliphatic rings. The molecule has 0 heterocycles. The Morgan fingerprint density at radius 2 is 1.81 bits per heavy atom. The second kappa shape index (κ2) is 8.04. The molecule has 21 heavy (non-hydrogen) atoms. The van der Waals surface area contributed by atoms with Gasteiger partial charge in [-0.1, -0.05) is 12.1 Å². The highest BCUT2D eigenvalue weighted by Crippen LogP contribution is 2.10. The number of rotatable bonds is 6. The molecule has 0 saturated carbocycles. The fourth-order valence-electron chi connectivity index (χ4n) is 1.71. The van der Waals surface area contributed by atoms with Gasteiger partial charge in [0, 0.05) is 19.7 Å². The predicted octanol–water partition coefficient (Wildman–Crippen LogP) is 1.21. The summed E-state index contributed by atoms with van der Waals surface area (Å²) in [4.78, 5) is 35.5. The maximum absolute atomic E-state index is 12.0. The van der Waals surface area contributed by atoms with E-state index in [0.29, 0.717) is 12.3 Å². The van der Waals surface area contributed by atoms with E-state index in [1.165, 1.54) is 11.8 Å². The van der Waals surface area contributed by atoms with E-state index in [2.05, 4.69) is 5.32 Å². The molecule has 114 valence electrons. The Balaban J connectivity index is 2.54. The van der Waals surface area contributed by atoms with Gasteiger partial charge in [0.15, 0.2) is 0 Å². The summed E-state index contributed by atoms with van der Waals surface area (Å²) in [5.41, 5.74) is 1.49. The normalized spacial score (nSPS) is 9.86. The van der Waals surface area contributed by atoms with Crippen LogP contribution in [-0.2, 0) is 25.5 Å². The Bertz CT molecular complexity index is 511. The molecule has 0 saturated heterocycles. The number of likely N-dealkylation sites (N-methyl/N-ethyl adjacent to an activating group) is 1. The van der Waals surface area contributed by atoms with E-state index in [9.17, 15) is 14.4 Å². The lowest BCUT2D eigenvalue weighted by atomic mass is 10.1. The summed E-state index contributed by atoms with van der Waals surface area (Å²) in [6.45, 7) is 3.39. The number of hydrogen-bond acceptors (Lipinski definition) is 4. The molecule has 0 radical (unpaired) electrons. The van der Waals surface area contributed by atoms with Gasteiger partial charge in [0.25, 0.3) is 0 Å². The molecular weight excluding hydrogens is 272 g/mol. The molecule has 0 aromatic heterocycles. The van der Waals surface area contributed by atoms with Gasteiger partial charge in [0.05, 0.1) is 13.0 Å². The first-order chi connectivity index (χ1) is 9.92. The van der Waals surface area contributed by atoms with Crippen LogP contribution in [0.4, 0.5) is 5.69 Å². The van der Waals surface area contributed by atoms with Crippen LogP contribution in [0.1, 0.15) is 19.4 Å². The molecule has 1 N–H and O–H groups in total. The number of ether oxygens (including phenoxy) is 1. The number of hydrogen-bond donors (Lipinski definition) is 1. The Labute approximate surface area is 124 Å². The highest BCUT2D eigenvalue weighted by Gasteiger charge is 2.14. The molecule has 6 heteroatoms. The summed E-state index contributed by atoms with van der Waals surface area (Å²) in [5, 5.41) is 2.65. The van der Waals surface area contributed by atoms with Crippen molar-refractivity contribution in [2.75, 3.05) is 25.5 Å². The fraction of sp³-hybridized carbons (Fsp3) is 0.400. The molecule has 0 aliphatic carbocycles. The molecule has 0 fully saturated rings. The molecule has 6 nitrogen and oxygen atoms in total. The maximum atomic E-state index is 12.0. The van der Waals surface area contributed by atoms with Gasteiger partial charge in [-0.2, -0.15) is 0 Å². The Morgan fingerprint density at radius 1 is 1.19 bits per heavy atom. The third-order valence-corrected chi connectivity index (χ3v) is 2.73. The molecule has 0 spiro atoms. The minimum absolute atomic E-state index is 0.0589. The van der Waals surface area contributed by atoms with Gasteiger partial charge < -0.3 is 15.0 Å². The molecule has 1 aromatic carbocycles. The van der Waals surface area contributed by atoms with Gasteiger partial charge in [-0.25, -0.2) is 0 Å². The molecule has 0 aliphatic heterocycles. The van der Waals surface area contributed by atoms with E-state index < -0.39 is 5.97 Å². The lowest BCUT2D eigenvalue weighted by Gasteiger charge is -2.16. The van der Waals surface area contributed by atoms with Crippen LogP contribution in [-0.4, -0.2) is 42.9 Å². The number of esters is 1. The van der Waals surface area contributed by atoms with E-state index in [4.69, 9.17) is 4.74 Å². The monoisotopic (exact) mass is 292 g/mol. The first-order valence-electron chi connectivity index (χ1n) is 6.68. The zero-order valence-electron chi connectivity index (χ0n) is 12.5. The SMILES string of the molecule is CCOC(=O)CN(C)C(=O)Cc1ccc(NC(C)=O)cc1. The highest BCUT2D eigenvalue weighted by molar-refractivity contribution is 5.88. The topological polar surface area (TPSA) is 75.7 Å². The number of nitrogens with one attached hydrogen (secondary N) is 1. The summed E-state index contributed by atoms with van der Waals surface area (Å²) in [6, 6.07) is 6.99. The molecule has 1 rings (SSSR count). The van der Waals surface area contributed by atoms with Gasteiger partial charge >= 0.3 is 5.97 Å². The lowest BCUT2D eigenvalue weighted by molar-refractivity contribution is -0.147. The molecule has 2 amide bonds. The molecular formula is C15H20N2O4. The molecule has 0 bridgehead atoms. The van der Waals surface area contributed by atoms with Crippen molar-refractivity contribution in [1.29, 1.82) is 0 Å². The largest absolute Gasteiger partial charge is 0.465 e. The van der Waals surface area contributed by atoms with Crippen molar-refractivity contribution in [2.45, 2.75) is 20.3 Å². The number of carbonyl (C=O) groups is 3. The summed E-state index contributed by atoms with van der Waals surface area (Å²) in [5.74, 6) is -0.738. The third-order valence-electron chi connectivity index (χ3n) is 2.73. The van der Waals surface area contributed by atoms with Crippen LogP contribution < -0.4 is 5.32 Å². The van der Waals surface area contributed by atoms with E-state index in [-0.39, 0.29) is 24.8 Å². The molecule has 0 unspecified atom stereocenters. The first kappa shape index (κ1) is 16.7. The van der Waals surface area contributed by atoms with Crippen molar-refractivity contribution in [2.24, 2.45) is 0 Å². The van der Waals surface area contributed by atoms with Crippen molar-refractivity contribution < 1.29 is 19.1 Å². The van der Waals surface area contributed by atoms with E-state index in [1.807, 2.05) is 0 Å². The Hall–Kier alpha value is -2.37. The predicted molar refractivity (Wildman–Crippen MR) is 78.7 cm³/mol. The second-order valence-electron chi connectivity index (χ2n) is 4.61. The van der Waals surface area contributed by atoms with Crippen molar-refractivity contribution in [3.05, 3.63) is 29.8 Å². The van der Waals surface area contributed by atoms with Gasteiger partial charge in [0.1, 0.15) is 6.54 Å². The van der Waals surface area contributed by atoms with Crippen LogP contribution in [0.25, 0.3) is 0 Å². The van der Waals surface area contributed by atoms with Crippen LogP contribution in [0.5, 0.6) is 0 Å². The van der Waals surface area contributed by atoms with E-state index in [0.717, 1.165) is 5.56 Å². The highest BCUT2D eigenvalue weighted by atomic mass is 16.5. The van der Waals surface area contributed by atoms with Gasteiger partial charge in [-0.3, -0.25) is 14.4 Å². The Kier molecular flexibility index (Phi) is 6.39. The summed E-state index contributed by atoms with van der Waals surface area (Å²) in [7, 11) is 1.56. The summed E-state index contributed by atoms with van der Waals surface area (Å²) in [6.07, 6.45) is 0.191. The van der Waals surface area contributed by atoms with Gasteiger partial charge in [-0.15, -0.1) is 0 Å². The fourth-order valence-corrected chi connectivity index (χ4v) is 1.71. The minimum atomic E-state index is -0.422. The van der Waals surface area contributed by atoms with Crippen LogP contribution in [0, 0.1) is 0 Å². The van der Waals surface area contributed by atoms with E-state index >= 15 is 0 Å². The van der Waals surface area contributed by atoms with Crippen molar-refractivity contribution >= 4 is 23.5 Å². The van der Waals surface area contributed by atoms with Gasteiger partial charge in [-0.05, 0) is 24.6 Å². The standard InChI is InChI=1S/C15H20N2O4/c1-4-21-15(20)10-17(3)14(19)9-12-5-7-13(8-6-12)16-11(2)18/h5-8H,4,9-10H2,1-3H3,(H,16,18). The first-order valence-corrected chi connectivity index (χ1v) is 6.68. The number of benzene rings is 1. The third kappa shape index (κ3) is 6.07. The molecule has 0 atom stereocenters. The van der Waals surface area contributed by atoms with Crippen LogP contribution in [0.15, 0.2) is 24.3 Å². The second-order valence-corrected chi connectivity index (χ2v) is 4.61. The number of amides is 2. The zero-order valence-corrected chi connectivity index (χ0v) is 12.5. The lowest BCUT2D eigenvalue weighted by Crippen LogP contribution is -2.34. The van der Waals surface area contributed by atoms with Crippen molar-refractivity contribution in [3.63, 3.8) is 0 Å². The number of nitrogens with zero attached hydrogens (tertiary/aromatic N) is 1. The Morgan fingerprint density at radius 3 is 2.33 bits per heavy atom. The average molecular weight is 292 g/mol. The van der Waals surface area contributed by atoms with Crippen LogP contribution in [0.3, 0.4) is 0 Å². The average Bonchev–Trinajstić information content (AvgIpc) is 2.40. The smallest absolute Gasteiger partial charge is 0.325 e. The molecule has 1 aromatic rings.